The Bertz CT molecular complexity index is 1050. The lowest BCUT2D eigenvalue weighted by atomic mass is 10.1. The Morgan fingerprint density at radius 1 is 1.23 bits per heavy atom. The number of nitrogens with one attached hydrogen (secondary N) is 1. The van der Waals surface area contributed by atoms with Gasteiger partial charge in [0.05, 0.1) is 6.61 Å². The molecule has 9 heteroatoms. The van der Waals surface area contributed by atoms with Crippen LogP contribution < -0.4 is 10.1 Å². The monoisotopic (exact) mass is 423 g/mol. The zero-order valence-corrected chi connectivity index (χ0v) is 17.6. The lowest BCUT2D eigenvalue weighted by Crippen LogP contribution is -2.23. The van der Waals surface area contributed by atoms with Gasteiger partial charge in [0.15, 0.2) is 5.82 Å². The summed E-state index contributed by atoms with van der Waals surface area (Å²) in [7, 11) is 2.07. The summed E-state index contributed by atoms with van der Waals surface area (Å²) in [5.41, 5.74) is 2.58. The summed E-state index contributed by atoms with van der Waals surface area (Å²) in [6.45, 7) is 4.39. The molecule has 31 heavy (non-hydrogen) atoms. The molecule has 1 aromatic carbocycles. The second-order valence-electron chi connectivity index (χ2n) is 7.34. The predicted octanol–water partition coefficient (Wildman–Crippen LogP) is 3.41. The van der Waals surface area contributed by atoms with Crippen molar-refractivity contribution < 1.29 is 18.6 Å². The van der Waals surface area contributed by atoms with Crippen molar-refractivity contribution in [3.8, 4) is 17.0 Å². The highest BCUT2D eigenvalue weighted by Gasteiger charge is 2.16. The van der Waals surface area contributed by atoms with Crippen LogP contribution in [0.2, 0.25) is 0 Å². The second-order valence-corrected chi connectivity index (χ2v) is 7.34. The van der Waals surface area contributed by atoms with Crippen LogP contribution in [-0.2, 0) is 11.2 Å². The van der Waals surface area contributed by atoms with E-state index >= 15 is 0 Å². The van der Waals surface area contributed by atoms with Crippen molar-refractivity contribution in [2.24, 2.45) is 0 Å². The van der Waals surface area contributed by atoms with E-state index in [2.05, 4.69) is 38.6 Å². The minimum absolute atomic E-state index is 0.197. The summed E-state index contributed by atoms with van der Waals surface area (Å²) in [6.07, 6.45) is 3.54. The quantitative estimate of drug-likeness (QED) is 0.587. The van der Waals surface area contributed by atoms with Crippen LogP contribution in [0.5, 0.6) is 5.75 Å². The highest BCUT2D eigenvalue weighted by molar-refractivity contribution is 5.89. The van der Waals surface area contributed by atoms with Crippen LogP contribution in [0, 0.1) is 0 Å². The van der Waals surface area contributed by atoms with E-state index in [-0.39, 0.29) is 18.2 Å². The molecule has 1 aliphatic rings. The van der Waals surface area contributed by atoms with Crippen LogP contribution in [0.25, 0.3) is 16.8 Å². The summed E-state index contributed by atoms with van der Waals surface area (Å²) in [5, 5.41) is 10.8. The maximum atomic E-state index is 12.3. The Balaban J connectivity index is 1.29. The number of aryl methyl sites for hydroxylation is 1. The maximum absolute atomic E-state index is 12.3. The lowest BCUT2D eigenvalue weighted by Gasteiger charge is -2.19. The number of hydrogen-bond donors (Lipinski definition) is 1. The predicted molar refractivity (Wildman–Crippen MR) is 114 cm³/mol. The molecule has 3 heterocycles. The molecule has 1 amide bonds. The van der Waals surface area contributed by atoms with E-state index in [1.807, 2.05) is 31.2 Å². The number of likely N-dealkylation sites (N-methyl/N-ethyl adjacent to an activating group) is 1. The molecular formula is C22H25N5O4. The Morgan fingerprint density at radius 3 is 2.81 bits per heavy atom. The SMILES string of the molecule is CCOc1ccc(-c2cc(NC(=O)CCc3nc(C4=CCN(C)CC4)no3)on2)cc1. The van der Waals surface area contributed by atoms with Gasteiger partial charge in [0.2, 0.25) is 17.7 Å². The Labute approximate surface area is 180 Å². The van der Waals surface area contributed by atoms with Gasteiger partial charge in [-0.1, -0.05) is 16.4 Å². The van der Waals surface area contributed by atoms with Gasteiger partial charge in [-0.15, -0.1) is 0 Å². The number of ether oxygens (including phenoxy) is 1. The van der Waals surface area contributed by atoms with Gasteiger partial charge in [0.25, 0.3) is 0 Å². The standard InChI is InChI=1S/C22H25N5O4/c1-3-29-17-6-4-15(5-7-17)18-14-21(31-25-18)23-19(28)8-9-20-24-22(26-30-20)16-10-12-27(2)13-11-16/h4-7,10,14H,3,8-9,11-13H2,1-2H3,(H,23,28). The van der Waals surface area contributed by atoms with Gasteiger partial charge in [-0.2, -0.15) is 4.98 Å². The van der Waals surface area contributed by atoms with Crippen LogP contribution in [0.3, 0.4) is 0 Å². The van der Waals surface area contributed by atoms with Crippen molar-refractivity contribution in [1.29, 1.82) is 0 Å². The summed E-state index contributed by atoms with van der Waals surface area (Å²) >= 11 is 0. The second kappa shape index (κ2) is 9.57. The Morgan fingerprint density at radius 2 is 2.06 bits per heavy atom. The fraction of sp³-hybridized carbons (Fsp3) is 0.364. The third-order valence-corrected chi connectivity index (χ3v) is 4.97. The van der Waals surface area contributed by atoms with Gasteiger partial charge in [-0.25, -0.2) is 0 Å². The van der Waals surface area contributed by atoms with Crippen LogP contribution in [0.15, 0.2) is 45.5 Å². The maximum Gasteiger partial charge on any atom is 0.231 e. The van der Waals surface area contributed by atoms with E-state index in [0.717, 1.165) is 36.4 Å². The number of carbonyl (C=O) groups excluding carboxylic acids is 1. The summed E-state index contributed by atoms with van der Waals surface area (Å²) in [5.74, 6) is 1.92. The molecule has 0 spiro atoms. The van der Waals surface area contributed by atoms with Gasteiger partial charge in [0.1, 0.15) is 11.4 Å². The third kappa shape index (κ3) is 5.37. The molecule has 0 aliphatic carbocycles. The number of benzene rings is 1. The van der Waals surface area contributed by atoms with Gasteiger partial charge in [-0.3, -0.25) is 10.1 Å². The molecule has 9 nitrogen and oxygen atoms in total. The fourth-order valence-electron chi connectivity index (χ4n) is 3.24. The van der Waals surface area contributed by atoms with Crippen LogP contribution in [-0.4, -0.2) is 52.8 Å². The Kier molecular flexibility index (Phi) is 6.42. The highest BCUT2D eigenvalue weighted by Crippen LogP contribution is 2.24. The molecule has 162 valence electrons. The minimum Gasteiger partial charge on any atom is -0.494 e. The lowest BCUT2D eigenvalue weighted by molar-refractivity contribution is -0.116. The first-order valence-corrected chi connectivity index (χ1v) is 10.3. The fourth-order valence-corrected chi connectivity index (χ4v) is 3.24. The van der Waals surface area contributed by atoms with Gasteiger partial charge in [-0.05, 0) is 50.2 Å². The van der Waals surface area contributed by atoms with E-state index in [1.54, 1.807) is 6.07 Å². The number of anilines is 1. The molecule has 0 saturated heterocycles. The van der Waals surface area contributed by atoms with Gasteiger partial charge >= 0.3 is 0 Å². The molecular weight excluding hydrogens is 398 g/mol. The zero-order valence-electron chi connectivity index (χ0n) is 17.6. The Hall–Kier alpha value is -3.46. The number of rotatable bonds is 8. The van der Waals surface area contributed by atoms with E-state index < -0.39 is 0 Å². The molecule has 1 N–H and O–H groups in total. The van der Waals surface area contributed by atoms with Crippen LogP contribution in [0.4, 0.5) is 5.88 Å². The van der Waals surface area contributed by atoms with Crippen LogP contribution >= 0.6 is 0 Å². The molecule has 3 aromatic rings. The number of hydrogen-bond acceptors (Lipinski definition) is 8. The normalized spacial score (nSPS) is 14.3. The minimum atomic E-state index is -0.215. The molecule has 0 radical (unpaired) electrons. The molecule has 1 aliphatic heterocycles. The zero-order chi connectivity index (χ0) is 21.6. The number of carbonyl (C=O) groups is 1. The summed E-state index contributed by atoms with van der Waals surface area (Å²) < 4.78 is 16.0. The van der Waals surface area contributed by atoms with Crippen molar-refractivity contribution in [2.45, 2.75) is 26.2 Å². The largest absolute Gasteiger partial charge is 0.494 e. The number of nitrogens with zero attached hydrogens (tertiary/aromatic N) is 4. The topological polar surface area (TPSA) is 107 Å². The molecule has 2 aromatic heterocycles. The highest BCUT2D eigenvalue weighted by atomic mass is 16.5. The average molecular weight is 423 g/mol. The molecule has 0 saturated carbocycles. The molecule has 0 bridgehead atoms. The van der Waals surface area contributed by atoms with E-state index in [0.29, 0.717) is 30.4 Å². The third-order valence-electron chi connectivity index (χ3n) is 4.97. The van der Waals surface area contributed by atoms with Crippen molar-refractivity contribution in [1.82, 2.24) is 20.2 Å². The smallest absolute Gasteiger partial charge is 0.231 e. The number of amides is 1. The van der Waals surface area contributed by atoms with Gasteiger partial charge < -0.3 is 18.7 Å². The summed E-state index contributed by atoms with van der Waals surface area (Å²) in [4.78, 5) is 18.9. The molecule has 0 unspecified atom stereocenters. The van der Waals surface area contributed by atoms with Crippen molar-refractivity contribution >= 4 is 17.4 Å². The van der Waals surface area contributed by atoms with E-state index in [9.17, 15) is 4.79 Å². The number of aromatic nitrogens is 3. The van der Waals surface area contributed by atoms with Crippen molar-refractivity contribution in [3.05, 3.63) is 48.1 Å². The first-order valence-electron chi connectivity index (χ1n) is 10.3. The first kappa shape index (κ1) is 20.8. The van der Waals surface area contributed by atoms with Crippen molar-refractivity contribution in [3.63, 3.8) is 0 Å². The molecule has 4 rings (SSSR count). The van der Waals surface area contributed by atoms with E-state index in [4.69, 9.17) is 13.8 Å². The van der Waals surface area contributed by atoms with Crippen LogP contribution in [0.1, 0.15) is 31.5 Å². The molecule has 0 atom stereocenters. The molecule has 0 fully saturated rings. The van der Waals surface area contributed by atoms with E-state index in [1.165, 1.54) is 0 Å². The average Bonchev–Trinajstić information content (AvgIpc) is 3.44. The van der Waals surface area contributed by atoms with Gasteiger partial charge in [0, 0.05) is 37.6 Å². The summed E-state index contributed by atoms with van der Waals surface area (Å²) in [6, 6.07) is 9.20. The first-order chi connectivity index (χ1) is 15.1. The van der Waals surface area contributed by atoms with Crippen molar-refractivity contribution in [2.75, 3.05) is 32.1 Å².